The third kappa shape index (κ3) is 8.07. The van der Waals surface area contributed by atoms with Crippen molar-refractivity contribution in [1.29, 1.82) is 0 Å². The molecule has 180 valence electrons. The molecule has 6 nitrogen and oxygen atoms in total. The van der Waals surface area contributed by atoms with Gasteiger partial charge in [0, 0.05) is 12.1 Å². The summed E-state index contributed by atoms with van der Waals surface area (Å²) in [7, 11) is 1.60. The molecule has 0 aromatic heterocycles. The Balaban J connectivity index is 2.27. The zero-order valence-corrected chi connectivity index (χ0v) is 22.0. The van der Waals surface area contributed by atoms with Crippen LogP contribution in [0.4, 0.5) is 0 Å². The second kappa shape index (κ2) is 12.1. The predicted molar refractivity (Wildman–Crippen MR) is 135 cm³/mol. The van der Waals surface area contributed by atoms with Crippen molar-refractivity contribution in [2.45, 2.75) is 65.6 Å². The summed E-state index contributed by atoms with van der Waals surface area (Å²) in [4.78, 5) is 28.0. The van der Waals surface area contributed by atoms with Gasteiger partial charge in [-0.15, -0.1) is 0 Å². The van der Waals surface area contributed by atoms with Gasteiger partial charge in [-0.3, -0.25) is 9.59 Å². The lowest BCUT2D eigenvalue weighted by atomic mass is 10.1. The lowest BCUT2D eigenvalue weighted by molar-refractivity contribution is -0.143. The number of methoxy groups -OCH3 is 1. The molecule has 2 aromatic rings. The van der Waals surface area contributed by atoms with Crippen LogP contribution in [0.15, 0.2) is 46.9 Å². The molecule has 0 aliphatic rings. The maximum absolute atomic E-state index is 13.4. The van der Waals surface area contributed by atoms with Crippen LogP contribution in [0.3, 0.4) is 0 Å². The maximum atomic E-state index is 13.4. The van der Waals surface area contributed by atoms with E-state index in [0.29, 0.717) is 17.9 Å². The summed E-state index contributed by atoms with van der Waals surface area (Å²) in [6.07, 6.45) is 1.39. The molecule has 0 heterocycles. The molecule has 0 radical (unpaired) electrons. The highest BCUT2D eigenvalue weighted by Crippen LogP contribution is 2.26. The largest absolute Gasteiger partial charge is 0.497 e. The number of rotatable bonds is 10. The van der Waals surface area contributed by atoms with Gasteiger partial charge in [-0.1, -0.05) is 32.0 Å². The average Bonchev–Trinajstić information content (AvgIpc) is 2.76. The standard InChI is InChI=1S/C26H35BrN2O4/c1-7-18-12-13-23(21(27)15-18)33-17-24(30)29(16-19-10-9-11-20(14-19)32-6)22(8-2)25(31)28-26(3,4)5/h9-15,22H,7-8,16-17H2,1-6H3,(H,28,31)/t22-/m1/s1. The molecule has 1 atom stereocenters. The van der Waals surface area contributed by atoms with E-state index in [-0.39, 0.29) is 25.0 Å². The smallest absolute Gasteiger partial charge is 0.261 e. The monoisotopic (exact) mass is 518 g/mol. The Bertz CT molecular complexity index is 956. The summed E-state index contributed by atoms with van der Waals surface area (Å²) >= 11 is 3.52. The molecule has 0 aliphatic heterocycles. The highest BCUT2D eigenvalue weighted by atomic mass is 79.9. The number of halogens is 1. The van der Waals surface area contributed by atoms with Crippen molar-refractivity contribution in [3.8, 4) is 11.5 Å². The first-order chi connectivity index (χ1) is 15.6. The normalized spacial score (nSPS) is 12.1. The van der Waals surface area contributed by atoms with Crippen LogP contribution in [-0.4, -0.2) is 42.0 Å². The second-order valence-electron chi connectivity index (χ2n) is 8.94. The third-order valence-electron chi connectivity index (χ3n) is 5.13. The first kappa shape index (κ1) is 26.7. The summed E-state index contributed by atoms with van der Waals surface area (Å²) in [5.74, 6) is 0.840. The van der Waals surface area contributed by atoms with E-state index >= 15 is 0 Å². The van der Waals surface area contributed by atoms with Crippen LogP contribution in [0.25, 0.3) is 0 Å². The van der Waals surface area contributed by atoms with Crippen LogP contribution in [-0.2, 0) is 22.6 Å². The summed E-state index contributed by atoms with van der Waals surface area (Å²) in [6, 6.07) is 12.7. The summed E-state index contributed by atoms with van der Waals surface area (Å²) < 4.78 is 12.0. The Morgan fingerprint density at radius 2 is 1.82 bits per heavy atom. The van der Waals surface area contributed by atoms with Gasteiger partial charge in [-0.05, 0) is 84.9 Å². The SMILES string of the molecule is CCc1ccc(OCC(=O)N(Cc2cccc(OC)c2)[C@H](CC)C(=O)NC(C)(C)C)c(Br)c1. The van der Waals surface area contributed by atoms with Gasteiger partial charge in [0.1, 0.15) is 17.5 Å². The third-order valence-corrected chi connectivity index (χ3v) is 5.75. The molecule has 0 spiro atoms. The van der Waals surface area contributed by atoms with Gasteiger partial charge in [-0.25, -0.2) is 0 Å². The van der Waals surface area contributed by atoms with Crippen LogP contribution >= 0.6 is 15.9 Å². The first-order valence-corrected chi connectivity index (χ1v) is 12.0. The lowest BCUT2D eigenvalue weighted by Gasteiger charge is -2.33. The van der Waals surface area contributed by atoms with E-state index in [9.17, 15) is 9.59 Å². The van der Waals surface area contributed by atoms with E-state index in [4.69, 9.17) is 9.47 Å². The van der Waals surface area contributed by atoms with Crippen LogP contribution in [0.1, 0.15) is 52.2 Å². The van der Waals surface area contributed by atoms with Gasteiger partial charge in [0.15, 0.2) is 6.61 Å². The quantitative estimate of drug-likeness (QED) is 0.473. The van der Waals surface area contributed by atoms with Crippen LogP contribution in [0.2, 0.25) is 0 Å². The zero-order chi connectivity index (χ0) is 24.6. The molecule has 1 N–H and O–H groups in total. The molecule has 2 amide bonds. The lowest BCUT2D eigenvalue weighted by Crippen LogP contribution is -2.54. The molecule has 2 aromatic carbocycles. The number of benzene rings is 2. The molecule has 0 bridgehead atoms. The number of hydrogen-bond donors (Lipinski definition) is 1. The number of ether oxygens (including phenoxy) is 2. The number of aryl methyl sites for hydroxylation is 1. The molecule has 0 saturated carbocycles. The molecule has 0 unspecified atom stereocenters. The fraction of sp³-hybridized carbons (Fsp3) is 0.462. The number of nitrogens with zero attached hydrogens (tertiary/aromatic N) is 1. The minimum Gasteiger partial charge on any atom is -0.497 e. The Morgan fingerprint density at radius 1 is 1.09 bits per heavy atom. The second-order valence-corrected chi connectivity index (χ2v) is 9.80. The summed E-state index contributed by atoms with van der Waals surface area (Å²) in [5, 5.41) is 3.00. The maximum Gasteiger partial charge on any atom is 0.261 e. The molecule has 33 heavy (non-hydrogen) atoms. The van der Waals surface area contributed by atoms with Crippen molar-refractivity contribution in [3.05, 3.63) is 58.1 Å². The van der Waals surface area contributed by atoms with Crippen molar-refractivity contribution in [2.24, 2.45) is 0 Å². The van der Waals surface area contributed by atoms with Crippen LogP contribution in [0, 0.1) is 0 Å². The van der Waals surface area contributed by atoms with E-state index in [1.807, 2.05) is 70.2 Å². The molecule has 2 rings (SSSR count). The van der Waals surface area contributed by atoms with Gasteiger partial charge in [-0.2, -0.15) is 0 Å². The van der Waals surface area contributed by atoms with E-state index in [1.54, 1.807) is 12.0 Å². The fourth-order valence-corrected chi connectivity index (χ4v) is 3.98. The number of nitrogens with one attached hydrogen (secondary N) is 1. The van der Waals surface area contributed by atoms with Crippen LogP contribution < -0.4 is 14.8 Å². The predicted octanol–water partition coefficient (Wildman–Crippen LogP) is 5.12. The average molecular weight is 519 g/mol. The Hall–Kier alpha value is -2.54. The van der Waals surface area contributed by atoms with Gasteiger partial charge in [0.05, 0.1) is 11.6 Å². The highest BCUT2D eigenvalue weighted by Gasteiger charge is 2.31. The van der Waals surface area contributed by atoms with Gasteiger partial charge in [0.25, 0.3) is 5.91 Å². The van der Waals surface area contributed by atoms with Gasteiger partial charge in [0.2, 0.25) is 5.91 Å². The minimum atomic E-state index is -0.627. The van der Waals surface area contributed by atoms with Gasteiger partial charge >= 0.3 is 0 Å². The summed E-state index contributed by atoms with van der Waals surface area (Å²) in [5.41, 5.74) is 1.64. The molecular weight excluding hydrogens is 484 g/mol. The van der Waals surface area contributed by atoms with Crippen molar-refractivity contribution >= 4 is 27.7 Å². The van der Waals surface area contributed by atoms with E-state index < -0.39 is 11.6 Å². The highest BCUT2D eigenvalue weighted by molar-refractivity contribution is 9.10. The van der Waals surface area contributed by atoms with Crippen molar-refractivity contribution in [3.63, 3.8) is 0 Å². The van der Waals surface area contributed by atoms with Gasteiger partial charge < -0.3 is 19.7 Å². The number of carbonyl (C=O) groups is 2. The minimum absolute atomic E-state index is 0.173. The van der Waals surface area contributed by atoms with Crippen molar-refractivity contribution in [1.82, 2.24) is 10.2 Å². The number of amides is 2. The zero-order valence-electron chi connectivity index (χ0n) is 20.4. The fourth-order valence-electron chi connectivity index (χ4n) is 3.44. The van der Waals surface area contributed by atoms with Crippen LogP contribution in [0.5, 0.6) is 11.5 Å². The van der Waals surface area contributed by atoms with E-state index in [1.165, 1.54) is 5.56 Å². The molecular formula is C26H35BrN2O4. The van der Waals surface area contributed by atoms with Crippen molar-refractivity contribution in [2.75, 3.05) is 13.7 Å². The van der Waals surface area contributed by atoms with E-state index in [2.05, 4.69) is 28.2 Å². The molecule has 0 saturated heterocycles. The number of hydrogen-bond acceptors (Lipinski definition) is 4. The number of carbonyl (C=O) groups excluding carboxylic acids is 2. The Labute approximate surface area is 205 Å². The molecule has 7 heteroatoms. The van der Waals surface area contributed by atoms with Crippen molar-refractivity contribution < 1.29 is 19.1 Å². The van der Waals surface area contributed by atoms with E-state index in [0.717, 1.165) is 16.5 Å². The Kier molecular flexibility index (Phi) is 9.77. The summed E-state index contributed by atoms with van der Waals surface area (Å²) in [6.45, 7) is 9.85. The topological polar surface area (TPSA) is 67.9 Å². The Morgan fingerprint density at radius 3 is 2.39 bits per heavy atom. The first-order valence-electron chi connectivity index (χ1n) is 11.2. The molecule has 0 fully saturated rings. The molecule has 0 aliphatic carbocycles.